The van der Waals surface area contributed by atoms with Crippen LogP contribution in [0.1, 0.15) is 29.9 Å². The molecular formula is C16H15NO3. The van der Waals surface area contributed by atoms with Crippen molar-refractivity contribution >= 4 is 5.97 Å². The average Bonchev–Trinajstić information content (AvgIpc) is 2.74. The molecule has 4 heteroatoms. The first-order chi connectivity index (χ1) is 9.49. The number of carbonyl (C=O) groups is 1. The Morgan fingerprint density at radius 3 is 2.90 bits per heavy atom. The van der Waals surface area contributed by atoms with Crippen molar-refractivity contribution in [1.29, 1.82) is 0 Å². The summed E-state index contributed by atoms with van der Waals surface area (Å²) in [5.74, 6) is -0.142. The third-order valence-electron chi connectivity index (χ3n) is 3.62. The minimum atomic E-state index is -1.02. The molecule has 4 nitrogen and oxygen atoms in total. The zero-order valence-electron chi connectivity index (χ0n) is 11.4. The fraction of sp³-hybridized carbons (Fsp3) is 0.250. The second-order valence-corrected chi connectivity index (χ2v) is 5.59. The van der Waals surface area contributed by atoms with Crippen molar-refractivity contribution in [3.8, 4) is 16.9 Å². The number of hydrogen-bond donors (Lipinski definition) is 1. The first-order valence-electron chi connectivity index (χ1n) is 6.45. The topological polar surface area (TPSA) is 59.4 Å². The Bertz CT molecular complexity index is 692. The molecule has 0 atom stereocenters. The van der Waals surface area contributed by atoms with E-state index in [1.165, 1.54) is 6.20 Å². The van der Waals surface area contributed by atoms with Crippen LogP contribution in [-0.4, -0.2) is 22.7 Å². The molecule has 0 amide bonds. The maximum Gasteiger partial charge on any atom is 0.355 e. The number of fused-ring (bicyclic) bond motifs is 1. The minimum Gasteiger partial charge on any atom is -0.492 e. The zero-order valence-corrected chi connectivity index (χ0v) is 11.4. The molecule has 0 fully saturated rings. The van der Waals surface area contributed by atoms with E-state index in [9.17, 15) is 9.90 Å². The highest BCUT2D eigenvalue weighted by molar-refractivity contribution is 5.94. The van der Waals surface area contributed by atoms with Gasteiger partial charge >= 0.3 is 5.97 Å². The summed E-state index contributed by atoms with van der Waals surface area (Å²) < 4.78 is 5.65. The van der Waals surface area contributed by atoms with Gasteiger partial charge in [-0.3, -0.25) is 0 Å². The van der Waals surface area contributed by atoms with Gasteiger partial charge in [0.1, 0.15) is 5.75 Å². The van der Waals surface area contributed by atoms with E-state index in [1.807, 2.05) is 18.2 Å². The lowest BCUT2D eigenvalue weighted by Gasteiger charge is -2.16. The highest BCUT2D eigenvalue weighted by Gasteiger charge is 2.32. The summed E-state index contributed by atoms with van der Waals surface area (Å²) in [4.78, 5) is 15.2. The van der Waals surface area contributed by atoms with Gasteiger partial charge in [0.25, 0.3) is 0 Å². The molecule has 1 aromatic carbocycles. The first kappa shape index (κ1) is 12.7. The van der Waals surface area contributed by atoms with E-state index in [2.05, 4.69) is 18.8 Å². The van der Waals surface area contributed by atoms with Crippen LogP contribution in [0.15, 0.2) is 36.5 Å². The Labute approximate surface area is 117 Å². The predicted octanol–water partition coefficient (Wildman–Crippen LogP) is 3.12. The number of pyridine rings is 1. The predicted molar refractivity (Wildman–Crippen MR) is 75.2 cm³/mol. The molecule has 20 heavy (non-hydrogen) atoms. The van der Waals surface area contributed by atoms with Gasteiger partial charge in [0.2, 0.25) is 0 Å². The molecule has 0 saturated carbocycles. The number of carboxylic acid groups (broad SMARTS) is 1. The average molecular weight is 269 g/mol. The summed E-state index contributed by atoms with van der Waals surface area (Å²) in [5, 5.41) is 9.24. The van der Waals surface area contributed by atoms with Gasteiger partial charge in [-0.25, -0.2) is 9.78 Å². The molecule has 1 N–H and O–H groups in total. The second-order valence-electron chi connectivity index (χ2n) is 5.59. The molecule has 1 aromatic heterocycles. The van der Waals surface area contributed by atoms with Crippen molar-refractivity contribution in [3.05, 3.63) is 47.8 Å². The lowest BCUT2D eigenvalue weighted by molar-refractivity contribution is 0.0691. The van der Waals surface area contributed by atoms with Crippen molar-refractivity contribution in [1.82, 2.24) is 4.98 Å². The van der Waals surface area contributed by atoms with Gasteiger partial charge < -0.3 is 9.84 Å². The normalized spacial score (nSPS) is 15.5. The summed E-state index contributed by atoms with van der Waals surface area (Å²) in [5.41, 5.74) is 2.61. The van der Waals surface area contributed by atoms with Crippen molar-refractivity contribution in [2.24, 2.45) is 0 Å². The molecule has 0 bridgehead atoms. The number of rotatable bonds is 2. The second kappa shape index (κ2) is 4.34. The molecular weight excluding hydrogens is 254 g/mol. The smallest absolute Gasteiger partial charge is 0.355 e. The molecule has 0 radical (unpaired) electrons. The zero-order chi connectivity index (χ0) is 14.3. The van der Waals surface area contributed by atoms with Crippen molar-refractivity contribution in [2.45, 2.75) is 19.3 Å². The highest BCUT2D eigenvalue weighted by Crippen LogP contribution is 2.40. The Morgan fingerprint density at radius 2 is 2.15 bits per heavy atom. The van der Waals surface area contributed by atoms with Gasteiger partial charge in [0, 0.05) is 22.7 Å². The van der Waals surface area contributed by atoms with Gasteiger partial charge in [0.15, 0.2) is 5.69 Å². The fourth-order valence-corrected chi connectivity index (χ4v) is 2.50. The number of aromatic carboxylic acids is 1. The standard InChI is InChI=1S/C16H15NO3/c1-16(2)9-20-13-6-5-10(8-12(13)16)11-4-3-7-17-14(11)15(18)19/h3-8H,9H2,1-2H3,(H,18,19). The Morgan fingerprint density at radius 1 is 1.35 bits per heavy atom. The number of hydrogen-bond acceptors (Lipinski definition) is 3. The van der Waals surface area contributed by atoms with Crippen LogP contribution < -0.4 is 4.74 Å². The molecule has 2 aromatic rings. The highest BCUT2D eigenvalue weighted by atomic mass is 16.5. The van der Waals surface area contributed by atoms with E-state index in [4.69, 9.17) is 4.74 Å². The maximum absolute atomic E-state index is 11.3. The van der Waals surface area contributed by atoms with Crippen LogP contribution in [0, 0.1) is 0 Å². The molecule has 3 rings (SSSR count). The van der Waals surface area contributed by atoms with Crippen LogP contribution >= 0.6 is 0 Å². The SMILES string of the molecule is CC1(C)COc2ccc(-c3cccnc3C(=O)O)cc21. The number of carboxylic acids is 1. The van der Waals surface area contributed by atoms with Crippen LogP contribution in [0.2, 0.25) is 0 Å². The number of benzene rings is 1. The van der Waals surface area contributed by atoms with Gasteiger partial charge in [-0.05, 0) is 23.8 Å². The van der Waals surface area contributed by atoms with Crippen LogP contribution in [0.4, 0.5) is 0 Å². The van der Waals surface area contributed by atoms with E-state index < -0.39 is 5.97 Å². The quantitative estimate of drug-likeness (QED) is 0.910. The molecule has 2 heterocycles. The largest absolute Gasteiger partial charge is 0.492 e. The Kier molecular flexibility index (Phi) is 2.74. The lowest BCUT2D eigenvalue weighted by Crippen LogP contribution is -2.18. The number of ether oxygens (including phenoxy) is 1. The molecule has 102 valence electrons. The Hall–Kier alpha value is -2.36. The van der Waals surface area contributed by atoms with Crippen LogP contribution in [0.3, 0.4) is 0 Å². The van der Waals surface area contributed by atoms with Gasteiger partial charge in [-0.2, -0.15) is 0 Å². The lowest BCUT2D eigenvalue weighted by atomic mass is 9.85. The summed E-state index contributed by atoms with van der Waals surface area (Å²) in [6, 6.07) is 9.31. The molecule has 0 spiro atoms. The van der Waals surface area contributed by atoms with E-state index in [0.717, 1.165) is 16.9 Å². The number of nitrogens with zero attached hydrogens (tertiary/aromatic N) is 1. The molecule has 1 aliphatic rings. The van der Waals surface area contributed by atoms with E-state index in [0.29, 0.717) is 12.2 Å². The van der Waals surface area contributed by atoms with Crippen LogP contribution in [0.5, 0.6) is 5.75 Å². The van der Waals surface area contributed by atoms with Crippen molar-refractivity contribution in [3.63, 3.8) is 0 Å². The monoisotopic (exact) mass is 269 g/mol. The van der Waals surface area contributed by atoms with Gasteiger partial charge in [-0.1, -0.05) is 26.0 Å². The summed E-state index contributed by atoms with van der Waals surface area (Å²) in [6.07, 6.45) is 1.49. The number of aromatic nitrogens is 1. The summed E-state index contributed by atoms with van der Waals surface area (Å²) in [7, 11) is 0. The third-order valence-corrected chi connectivity index (χ3v) is 3.62. The van der Waals surface area contributed by atoms with Gasteiger partial charge in [-0.15, -0.1) is 0 Å². The van der Waals surface area contributed by atoms with E-state index >= 15 is 0 Å². The van der Waals surface area contributed by atoms with Gasteiger partial charge in [0.05, 0.1) is 6.61 Å². The first-order valence-corrected chi connectivity index (χ1v) is 6.45. The molecule has 0 unspecified atom stereocenters. The molecule has 1 aliphatic heterocycles. The fourth-order valence-electron chi connectivity index (χ4n) is 2.50. The van der Waals surface area contributed by atoms with E-state index in [1.54, 1.807) is 12.1 Å². The molecule has 0 aliphatic carbocycles. The van der Waals surface area contributed by atoms with Crippen LogP contribution in [0.25, 0.3) is 11.1 Å². The minimum absolute atomic E-state index is 0.0586. The van der Waals surface area contributed by atoms with Crippen molar-refractivity contribution < 1.29 is 14.6 Å². The summed E-state index contributed by atoms with van der Waals surface area (Å²) >= 11 is 0. The summed E-state index contributed by atoms with van der Waals surface area (Å²) in [6.45, 7) is 4.87. The third kappa shape index (κ3) is 1.93. The molecule has 0 saturated heterocycles. The van der Waals surface area contributed by atoms with Crippen LogP contribution in [-0.2, 0) is 5.41 Å². The maximum atomic E-state index is 11.3. The van der Waals surface area contributed by atoms with Crippen molar-refractivity contribution in [2.75, 3.05) is 6.61 Å². The van der Waals surface area contributed by atoms with E-state index in [-0.39, 0.29) is 11.1 Å². The Balaban J connectivity index is 2.16.